The van der Waals surface area contributed by atoms with Gasteiger partial charge in [0.25, 0.3) is 0 Å². The summed E-state index contributed by atoms with van der Waals surface area (Å²) in [6, 6.07) is 14.9. The molecule has 0 saturated carbocycles. The molecule has 0 bridgehead atoms. The van der Waals surface area contributed by atoms with Gasteiger partial charge in [0.2, 0.25) is 0 Å². The molecule has 1 atom stereocenters. The molecule has 0 saturated heterocycles. The fourth-order valence-electron chi connectivity index (χ4n) is 1.87. The number of ether oxygens (including phenoxy) is 3. The number of esters is 1. The minimum absolute atomic E-state index is 0.205. The molecule has 0 heterocycles. The zero-order chi connectivity index (χ0) is 17.5. The van der Waals surface area contributed by atoms with E-state index in [1.54, 1.807) is 31.2 Å². The molecule has 120 valence electrons. The van der Waals surface area contributed by atoms with Crippen LogP contribution in [0.4, 0.5) is 0 Å². The summed E-state index contributed by atoms with van der Waals surface area (Å²) >= 11 is 0. The predicted molar refractivity (Wildman–Crippen MR) is 84.6 cm³/mol. The highest BCUT2D eigenvalue weighted by Crippen LogP contribution is 2.28. The van der Waals surface area contributed by atoms with Crippen LogP contribution in [-0.2, 0) is 4.79 Å². The number of nitrogens with zero attached hydrogens (tertiary/aromatic N) is 2. The number of rotatable bonds is 5. The van der Waals surface area contributed by atoms with Crippen molar-refractivity contribution in [2.24, 2.45) is 0 Å². The standard InChI is InChI=1S/C18H14N2O4/c1-12(23-15-6-3-13(10-19)4-7-15)18(21)24-16-8-5-14(11-20)9-17(16)22-2/h3-9,12H,1-2H3. The van der Waals surface area contributed by atoms with Crippen molar-refractivity contribution in [2.75, 3.05) is 7.11 Å². The lowest BCUT2D eigenvalue weighted by molar-refractivity contribution is -0.141. The van der Waals surface area contributed by atoms with E-state index in [-0.39, 0.29) is 11.5 Å². The molecule has 2 rings (SSSR count). The van der Waals surface area contributed by atoms with Crippen LogP contribution in [0.3, 0.4) is 0 Å². The van der Waals surface area contributed by atoms with Crippen molar-refractivity contribution in [1.29, 1.82) is 10.5 Å². The maximum Gasteiger partial charge on any atom is 0.352 e. The van der Waals surface area contributed by atoms with Crippen molar-refractivity contribution in [1.82, 2.24) is 0 Å². The first-order valence-electron chi connectivity index (χ1n) is 7.04. The fourth-order valence-corrected chi connectivity index (χ4v) is 1.87. The van der Waals surface area contributed by atoms with Crippen molar-refractivity contribution < 1.29 is 19.0 Å². The summed E-state index contributed by atoms with van der Waals surface area (Å²) in [5.74, 6) is 0.331. The van der Waals surface area contributed by atoms with Crippen molar-refractivity contribution in [2.45, 2.75) is 13.0 Å². The van der Waals surface area contributed by atoms with Crippen LogP contribution in [0.5, 0.6) is 17.2 Å². The average Bonchev–Trinajstić information content (AvgIpc) is 2.62. The first-order chi connectivity index (χ1) is 11.6. The van der Waals surface area contributed by atoms with E-state index in [1.807, 2.05) is 12.1 Å². The maximum atomic E-state index is 12.1. The SMILES string of the molecule is COc1cc(C#N)ccc1OC(=O)C(C)Oc1ccc(C#N)cc1. The fraction of sp³-hybridized carbons (Fsp3) is 0.167. The van der Waals surface area contributed by atoms with E-state index in [9.17, 15) is 4.79 Å². The summed E-state index contributed by atoms with van der Waals surface area (Å²) in [7, 11) is 1.42. The Bertz CT molecular complexity index is 816. The van der Waals surface area contributed by atoms with Crippen molar-refractivity contribution in [3.8, 4) is 29.4 Å². The highest BCUT2D eigenvalue weighted by atomic mass is 16.6. The molecular weight excluding hydrogens is 308 g/mol. The minimum Gasteiger partial charge on any atom is -0.493 e. The van der Waals surface area contributed by atoms with E-state index in [0.717, 1.165) is 0 Å². The Morgan fingerprint density at radius 1 is 1.00 bits per heavy atom. The molecule has 2 aromatic rings. The van der Waals surface area contributed by atoms with Crippen molar-refractivity contribution in [3.05, 3.63) is 53.6 Å². The Balaban J connectivity index is 2.06. The van der Waals surface area contributed by atoms with E-state index >= 15 is 0 Å². The monoisotopic (exact) mass is 322 g/mol. The van der Waals surface area contributed by atoms with Gasteiger partial charge in [-0.3, -0.25) is 0 Å². The normalized spacial score (nSPS) is 10.8. The van der Waals surface area contributed by atoms with Gasteiger partial charge in [0.1, 0.15) is 5.75 Å². The Kier molecular flexibility index (Phi) is 5.38. The van der Waals surface area contributed by atoms with Crippen LogP contribution in [0, 0.1) is 22.7 Å². The number of carbonyl (C=O) groups excluding carboxylic acids is 1. The van der Waals surface area contributed by atoms with Gasteiger partial charge in [0.15, 0.2) is 17.6 Å². The van der Waals surface area contributed by atoms with Gasteiger partial charge >= 0.3 is 5.97 Å². The van der Waals surface area contributed by atoms with Gasteiger partial charge in [-0.1, -0.05) is 0 Å². The number of hydrogen-bond acceptors (Lipinski definition) is 6. The molecule has 0 radical (unpaired) electrons. The van der Waals surface area contributed by atoms with Crippen molar-refractivity contribution in [3.63, 3.8) is 0 Å². The lowest BCUT2D eigenvalue weighted by atomic mass is 10.2. The quantitative estimate of drug-likeness (QED) is 0.621. The zero-order valence-electron chi connectivity index (χ0n) is 13.1. The van der Waals surface area contributed by atoms with Crippen LogP contribution in [-0.4, -0.2) is 19.2 Å². The third-order valence-electron chi connectivity index (χ3n) is 3.13. The molecular formula is C18H14N2O4. The molecule has 0 amide bonds. The summed E-state index contributed by atoms with van der Waals surface area (Å²) in [6.07, 6.45) is -0.863. The van der Waals surface area contributed by atoms with E-state index in [1.165, 1.54) is 25.3 Å². The lowest BCUT2D eigenvalue weighted by Crippen LogP contribution is -2.28. The highest BCUT2D eigenvalue weighted by molar-refractivity contribution is 5.78. The van der Waals surface area contributed by atoms with Crippen molar-refractivity contribution >= 4 is 5.97 Å². The van der Waals surface area contributed by atoms with Gasteiger partial charge in [-0.2, -0.15) is 10.5 Å². The van der Waals surface area contributed by atoms with Gasteiger partial charge < -0.3 is 14.2 Å². The second-order valence-corrected chi connectivity index (χ2v) is 4.79. The molecule has 0 aliphatic heterocycles. The summed E-state index contributed by atoms with van der Waals surface area (Å²) < 4.78 is 15.9. The molecule has 6 heteroatoms. The third kappa shape index (κ3) is 4.02. The van der Waals surface area contributed by atoms with Crippen LogP contribution < -0.4 is 14.2 Å². The molecule has 1 unspecified atom stereocenters. The van der Waals surface area contributed by atoms with Gasteiger partial charge in [-0.25, -0.2) is 4.79 Å². The van der Waals surface area contributed by atoms with Gasteiger partial charge in [0, 0.05) is 6.07 Å². The molecule has 6 nitrogen and oxygen atoms in total. The first-order valence-corrected chi connectivity index (χ1v) is 7.04. The number of methoxy groups -OCH3 is 1. The van der Waals surface area contributed by atoms with Crippen LogP contribution in [0.1, 0.15) is 18.1 Å². The molecule has 0 aliphatic rings. The Morgan fingerprint density at radius 3 is 2.21 bits per heavy atom. The molecule has 0 spiro atoms. The van der Waals surface area contributed by atoms with E-state index in [2.05, 4.69) is 0 Å². The topological polar surface area (TPSA) is 92.3 Å². The smallest absolute Gasteiger partial charge is 0.352 e. The van der Waals surface area contributed by atoms with Gasteiger partial charge in [-0.15, -0.1) is 0 Å². The number of benzene rings is 2. The van der Waals surface area contributed by atoms with E-state index in [0.29, 0.717) is 16.9 Å². The van der Waals surface area contributed by atoms with Gasteiger partial charge in [0.05, 0.1) is 30.4 Å². The summed E-state index contributed by atoms with van der Waals surface area (Å²) in [6.45, 7) is 1.55. The summed E-state index contributed by atoms with van der Waals surface area (Å²) in [5.41, 5.74) is 0.897. The number of hydrogen-bond donors (Lipinski definition) is 0. The Morgan fingerprint density at radius 2 is 1.62 bits per heavy atom. The van der Waals surface area contributed by atoms with Crippen LogP contribution in [0.25, 0.3) is 0 Å². The Hall–Kier alpha value is -3.51. The average molecular weight is 322 g/mol. The van der Waals surface area contributed by atoms with Crippen LogP contribution in [0.2, 0.25) is 0 Å². The minimum atomic E-state index is -0.863. The zero-order valence-corrected chi connectivity index (χ0v) is 13.1. The predicted octanol–water partition coefficient (Wildman–Crippen LogP) is 2.81. The van der Waals surface area contributed by atoms with Crippen LogP contribution in [0.15, 0.2) is 42.5 Å². The first kappa shape index (κ1) is 16.9. The molecule has 0 aliphatic carbocycles. The highest BCUT2D eigenvalue weighted by Gasteiger charge is 2.19. The maximum absolute atomic E-state index is 12.1. The number of carbonyl (C=O) groups is 1. The molecule has 0 N–H and O–H groups in total. The number of nitriles is 2. The second kappa shape index (κ2) is 7.66. The third-order valence-corrected chi connectivity index (χ3v) is 3.13. The van der Waals surface area contributed by atoms with E-state index < -0.39 is 12.1 Å². The molecule has 0 aromatic heterocycles. The summed E-state index contributed by atoms with van der Waals surface area (Å²) in [4.78, 5) is 12.1. The second-order valence-electron chi connectivity index (χ2n) is 4.79. The van der Waals surface area contributed by atoms with Gasteiger partial charge in [-0.05, 0) is 43.3 Å². The molecule has 24 heavy (non-hydrogen) atoms. The lowest BCUT2D eigenvalue weighted by Gasteiger charge is -2.15. The van der Waals surface area contributed by atoms with Crippen LogP contribution >= 0.6 is 0 Å². The largest absolute Gasteiger partial charge is 0.493 e. The molecule has 2 aromatic carbocycles. The summed E-state index contributed by atoms with van der Waals surface area (Å²) in [5, 5.41) is 17.6. The van der Waals surface area contributed by atoms with E-state index in [4.69, 9.17) is 24.7 Å². The Labute approximate surface area is 139 Å². The molecule has 0 fully saturated rings.